The molecule has 0 saturated heterocycles. The molecule has 0 amide bonds. The molecule has 0 radical (unpaired) electrons. The van der Waals surface area contributed by atoms with Gasteiger partial charge in [0.25, 0.3) is 0 Å². The van der Waals surface area contributed by atoms with Crippen LogP contribution in [0, 0.1) is 20.8 Å². The molecule has 0 aliphatic rings. The Labute approximate surface area is 208 Å². The van der Waals surface area contributed by atoms with Crippen molar-refractivity contribution < 1.29 is 18.1 Å². The first kappa shape index (κ1) is 26.9. The minimum absolute atomic E-state index is 0.240. The summed E-state index contributed by atoms with van der Waals surface area (Å²) in [5, 5.41) is 13.6. The van der Waals surface area contributed by atoms with Crippen molar-refractivity contribution in [2.45, 2.75) is 101 Å². The molecule has 3 rings (SSSR count). The van der Waals surface area contributed by atoms with E-state index < -0.39 is 7.82 Å². The number of hydrogen-bond acceptors (Lipinski definition) is 7. The molecule has 0 unspecified atom stereocenters. The zero-order chi connectivity index (χ0) is 25.9. The fraction of sp³-hybridized carbons (Fsp3) is 0.625. The van der Waals surface area contributed by atoms with Gasteiger partial charge in [-0.15, -0.1) is 15.3 Å². The molecule has 0 aromatic carbocycles. The van der Waals surface area contributed by atoms with Gasteiger partial charge >= 0.3 is 7.82 Å². The van der Waals surface area contributed by atoms with Gasteiger partial charge in [-0.2, -0.15) is 4.57 Å². The molecule has 10 nitrogen and oxygen atoms in total. The van der Waals surface area contributed by atoms with E-state index in [0.717, 1.165) is 33.8 Å². The van der Waals surface area contributed by atoms with Crippen LogP contribution in [0.4, 0.5) is 0 Å². The first-order valence-corrected chi connectivity index (χ1v) is 14.0. The lowest BCUT2D eigenvalue weighted by Crippen LogP contribution is -2.11. The highest BCUT2D eigenvalue weighted by Gasteiger charge is 2.39. The van der Waals surface area contributed by atoms with Crippen molar-refractivity contribution in [3.63, 3.8) is 0 Å². The zero-order valence-electron chi connectivity index (χ0n) is 22.5. The van der Waals surface area contributed by atoms with Crippen LogP contribution in [0.3, 0.4) is 0 Å². The molecule has 11 heteroatoms. The van der Waals surface area contributed by atoms with E-state index in [1.165, 1.54) is 0 Å². The highest BCUT2D eigenvalue weighted by atomic mass is 31.2. The summed E-state index contributed by atoms with van der Waals surface area (Å²) in [5.41, 5.74) is 5.44. The van der Waals surface area contributed by atoms with Crippen molar-refractivity contribution in [1.29, 1.82) is 0 Å². The normalized spacial score (nSPS) is 11.8. The molecule has 3 heterocycles. The van der Waals surface area contributed by atoms with Gasteiger partial charge in [-0.1, -0.05) is 20.8 Å². The summed E-state index contributed by atoms with van der Waals surface area (Å²) in [5.74, 6) is 0.721. The number of phosphoric ester groups is 1. The van der Waals surface area contributed by atoms with Gasteiger partial charge in [0, 0.05) is 53.4 Å². The Bertz CT molecular complexity index is 1080. The summed E-state index contributed by atoms with van der Waals surface area (Å²) in [7, 11) is -4.28. The number of phosphoric acid groups is 1. The fourth-order valence-electron chi connectivity index (χ4n) is 4.41. The predicted molar refractivity (Wildman–Crippen MR) is 136 cm³/mol. The molecule has 35 heavy (non-hydrogen) atoms. The molecule has 0 aliphatic heterocycles. The first-order chi connectivity index (χ1) is 16.7. The Morgan fingerprint density at radius 3 is 1.03 bits per heavy atom. The molecule has 0 fully saturated rings. The zero-order valence-corrected chi connectivity index (χ0v) is 23.4. The Morgan fingerprint density at radius 2 is 0.829 bits per heavy atom. The summed E-state index contributed by atoms with van der Waals surface area (Å²) in [4.78, 5) is 0. The third kappa shape index (κ3) is 5.13. The van der Waals surface area contributed by atoms with Gasteiger partial charge in [0.1, 0.15) is 0 Å². The van der Waals surface area contributed by atoms with Gasteiger partial charge < -0.3 is 13.6 Å². The van der Waals surface area contributed by atoms with Crippen LogP contribution < -0.4 is 13.6 Å². The first-order valence-electron chi connectivity index (χ1n) is 12.5. The number of rotatable bonds is 12. The van der Waals surface area contributed by atoms with E-state index in [0.29, 0.717) is 38.9 Å². The lowest BCUT2D eigenvalue weighted by Gasteiger charge is -2.17. The lowest BCUT2D eigenvalue weighted by molar-refractivity contribution is 0.281. The summed E-state index contributed by atoms with van der Waals surface area (Å²) >= 11 is 0. The van der Waals surface area contributed by atoms with E-state index in [1.54, 1.807) is 0 Å². The van der Waals surface area contributed by atoms with Crippen LogP contribution in [0.1, 0.15) is 75.3 Å². The third-order valence-electron chi connectivity index (χ3n) is 6.43. The van der Waals surface area contributed by atoms with Gasteiger partial charge in [0.2, 0.25) is 17.6 Å². The van der Waals surface area contributed by atoms with Gasteiger partial charge in [0.15, 0.2) is 0 Å². The summed E-state index contributed by atoms with van der Waals surface area (Å²) in [6, 6.07) is 0. The van der Waals surface area contributed by atoms with Crippen molar-refractivity contribution in [1.82, 2.24) is 29.3 Å². The Hall–Kier alpha value is -2.74. The second kappa shape index (κ2) is 10.9. The van der Waals surface area contributed by atoms with Crippen LogP contribution in [0.2, 0.25) is 0 Å². The van der Waals surface area contributed by atoms with Crippen molar-refractivity contribution in [2.75, 3.05) is 0 Å². The van der Waals surface area contributed by atoms with Crippen LogP contribution in [-0.2, 0) is 43.5 Å². The van der Waals surface area contributed by atoms with Crippen LogP contribution in [0.15, 0.2) is 0 Å². The molecular formula is C24H39N6O4P. The molecule has 0 aliphatic carbocycles. The van der Waals surface area contributed by atoms with Gasteiger partial charge in [-0.05, 0) is 60.8 Å². The van der Waals surface area contributed by atoms with E-state index in [4.69, 9.17) is 13.6 Å². The minimum atomic E-state index is -4.28. The minimum Gasteiger partial charge on any atom is -0.365 e. The number of aryl methyl sites for hydroxylation is 3. The number of aromatic nitrogens is 6. The van der Waals surface area contributed by atoms with E-state index in [2.05, 4.69) is 15.3 Å². The number of hydrogen-bond donors (Lipinski definition) is 0. The van der Waals surface area contributed by atoms with Gasteiger partial charge in [-0.25, -0.2) is 0 Å². The van der Waals surface area contributed by atoms with E-state index in [9.17, 15) is 4.57 Å². The molecule has 0 saturated carbocycles. The van der Waals surface area contributed by atoms with Gasteiger partial charge in [-0.3, -0.25) is 14.0 Å². The van der Waals surface area contributed by atoms with Crippen molar-refractivity contribution >= 4 is 7.82 Å². The molecule has 3 aromatic rings. The standard InChI is InChI=1S/C24H39N6O4P/c1-10-19-16(7)28(13-4)25-22(19)32-35(31,33-23-20(11-2)17(8)29(14-5)26-23)34-24-21(12-3)18(9)30(15-6)27-24/h10-15H2,1-9H3. The van der Waals surface area contributed by atoms with Crippen LogP contribution in [-0.4, -0.2) is 29.3 Å². The van der Waals surface area contributed by atoms with Gasteiger partial charge in [0.05, 0.1) is 0 Å². The summed E-state index contributed by atoms with van der Waals surface area (Å²) < 4.78 is 37.9. The van der Waals surface area contributed by atoms with Crippen LogP contribution in [0.25, 0.3) is 0 Å². The molecule has 194 valence electrons. The fourth-order valence-corrected chi connectivity index (χ4v) is 5.59. The highest BCUT2D eigenvalue weighted by molar-refractivity contribution is 7.49. The average molecular weight is 507 g/mol. The van der Waals surface area contributed by atoms with Crippen molar-refractivity contribution in [3.8, 4) is 17.6 Å². The Morgan fingerprint density at radius 1 is 0.571 bits per heavy atom. The topological polar surface area (TPSA) is 98.2 Å². The average Bonchev–Trinajstić information content (AvgIpc) is 3.42. The van der Waals surface area contributed by atoms with Crippen molar-refractivity contribution in [3.05, 3.63) is 33.8 Å². The number of nitrogens with zero attached hydrogens (tertiary/aromatic N) is 6. The smallest absolute Gasteiger partial charge is 0.365 e. The summed E-state index contributed by atoms with van der Waals surface area (Å²) in [6.07, 6.45) is 1.98. The second-order valence-electron chi connectivity index (χ2n) is 8.34. The SMILES string of the molecule is CCc1c(OP(=O)(Oc2nn(CC)c(C)c2CC)Oc2nn(CC)c(C)c2CC)nn(CC)c1C. The molecule has 3 aromatic heterocycles. The van der Waals surface area contributed by atoms with Crippen molar-refractivity contribution in [2.24, 2.45) is 0 Å². The molecule has 0 atom stereocenters. The second-order valence-corrected chi connectivity index (χ2v) is 9.78. The molecule has 0 spiro atoms. The predicted octanol–water partition coefficient (Wildman–Crippen LogP) is 5.59. The Kier molecular flexibility index (Phi) is 8.36. The summed E-state index contributed by atoms with van der Waals surface area (Å²) in [6.45, 7) is 19.9. The maximum absolute atomic E-state index is 14.3. The Balaban J connectivity index is 2.12. The monoisotopic (exact) mass is 506 g/mol. The maximum Gasteiger partial charge on any atom is 0.651 e. The highest BCUT2D eigenvalue weighted by Crippen LogP contribution is 2.51. The molecule has 0 bridgehead atoms. The van der Waals surface area contributed by atoms with E-state index in [1.807, 2.05) is 76.4 Å². The molecular weight excluding hydrogens is 467 g/mol. The lowest BCUT2D eigenvalue weighted by atomic mass is 10.2. The van der Waals surface area contributed by atoms with E-state index >= 15 is 0 Å². The van der Waals surface area contributed by atoms with Crippen LogP contribution >= 0.6 is 7.82 Å². The van der Waals surface area contributed by atoms with Crippen LogP contribution in [0.5, 0.6) is 17.6 Å². The molecule has 0 N–H and O–H groups in total. The quantitative estimate of drug-likeness (QED) is 0.295. The maximum atomic E-state index is 14.3. The third-order valence-corrected chi connectivity index (χ3v) is 7.62. The largest absolute Gasteiger partial charge is 0.651 e. The van der Waals surface area contributed by atoms with E-state index in [-0.39, 0.29) is 17.6 Å².